The van der Waals surface area contributed by atoms with E-state index >= 15 is 0 Å². The lowest BCUT2D eigenvalue weighted by molar-refractivity contribution is -0.108. The van der Waals surface area contributed by atoms with Gasteiger partial charge in [0, 0.05) is 24.5 Å². The first kappa shape index (κ1) is 14.5. The summed E-state index contributed by atoms with van der Waals surface area (Å²) in [6.45, 7) is 2.13. The monoisotopic (exact) mass is 295 g/mol. The van der Waals surface area contributed by atoms with Gasteiger partial charge in [-0.25, -0.2) is 4.98 Å². The van der Waals surface area contributed by atoms with Gasteiger partial charge in [-0.05, 0) is 18.6 Å². The van der Waals surface area contributed by atoms with Crippen molar-refractivity contribution in [2.75, 3.05) is 14.2 Å². The number of thioether (sulfide) groups is 1. The average Bonchev–Trinajstić information content (AvgIpc) is 2.88. The van der Waals surface area contributed by atoms with Crippen LogP contribution >= 0.6 is 23.1 Å². The molecule has 5 heteroatoms. The molecule has 0 bridgehead atoms. The Kier molecular flexibility index (Phi) is 5.39. The topological polar surface area (TPSA) is 31.4 Å². The van der Waals surface area contributed by atoms with Crippen LogP contribution in [0, 0.1) is 6.92 Å². The lowest BCUT2D eigenvalue weighted by Crippen LogP contribution is -2.03. The summed E-state index contributed by atoms with van der Waals surface area (Å²) in [5.74, 6) is 0.871. The van der Waals surface area contributed by atoms with Crippen molar-refractivity contribution in [1.82, 2.24) is 4.98 Å². The van der Waals surface area contributed by atoms with Crippen molar-refractivity contribution in [2.45, 2.75) is 23.9 Å². The van der Waals surface area contributed by atoms with Gasteiger partial charge in [0.1, 0.15) is 10.7 Å². The summed E-state index contributed by atoms with van der Waals surface area (Å²) in [6, 6.07) is 8.39. The van der Waals surface area contributed by atoms with Crippen LogP contribution in [0.3, 0.4) is 0 Å². The van der Waals surface area contributed by atoms with Crippen molar-refractivity contribution in [1.29, 1.82) is 0 Å². The molecule has 0 radical (unpaired) electrons. The predicted octanol–water partition coefficient (Wildman–Crippen LogP) is 4.04. The van der Waals surface area contributed by atoms with Crippen LogP contribution in [0.15, 0.2) is 34.5 Å². The van der Waals surface area contributed by atoms with E-state index in [4.69, 9.17) is 9.47 Å². The van der Waals surface area contributed by atoms with Gasteiger partial charge >= 0.3 is 0 Å². The molecule has 1 aromatic heterocycles. The highest BCUT2D eigenvalue weighted by Gasteiger charge is 2.13. The Bertz CT molecular complexity index is 524. The zero-order valence-electron chi connectivity index (χ0n) is 11.3. The molecule has 3 nitrogen and oxygen atoms in total. The van der Waals surface area contributed by atoms with Crippen LogP contribution in [0.4, 0.5) is 0 Å². The number of aryl methyl sites for hydroxylation is 1. The minimum absolute atomic E-state index is 0.367. The van der Waals surface area contributed by atoms with Gasteiger partial charge in [-0.1, -0.05) is 18.2 Å². The minimum Gasteiger partial charge on any atom is -0.350 e. The second-order valence-corrected chi connectivity index (χ2v) is 5.98. The number of aromatic nitrogens is 1. The molecule has 0 unspecified atom stereocenters. The molecule has 0 saturated heterocycles. The lowest BCUT2D eigenvalue weighted by Gasteiger charge is -2.09. The highest BCUT2D eigenvalue weighted by atomic mass is 32.2. The van der Waals surface area contributed by atoms with Gasteiger partial charge in [-0.15, -0.1) is 23.1 Å². The summed E-state index contributed by atoms with van der Waals surface area (Å²) >= 11 is 3.45. The molecule has 2 aromatic rings. The van der Waals surface area contributed by atoms with Crippen LogP contribution in [-0.2, 0) is 15.2 Å². The molecule has 102 valence electrons. The summed E-state index contributed by atoms with van der Waals surface area (Å²) in [6.07, 6.45) is -0.367. The third-order valence-electron chi connectivity index (χ3n) is 2.68. The number of ether oxygens (including phenoxy) is 2. The SMILES string of the molecule is COC(OC)c1csc(CSc2ccccc2C)n1. The van der Waals surface area contributed by atoms with Gasteiger partial charge in [0.2, 0.25) is 6.29 Å². The molecule has 0 amide bonds. The number of rotatable bonds is 6. The van der Waals surface area contributed by atoms with Crippen LogP contribution in [0.1, 0.15) is 22.6 Å². The molecule has 1 heterocycles. The average molecular weight is 295 g/mol. The third kappa shape index (κ3) is 3.79. The van der Waals surface area contributed by atoms with E-state index < -0.39 is 0 Å². The molecular formula is C14H17NO2S2. The molecule has 0 aliphatic rings. The number of hydrogen-bond acceptors (Lipinski definition) is 5. The largest absolute Gasteiger partial charge is 0.350 e. The number of hydrogen-bond donors (Lipinski definition) is 0. The lowest BCUT2D eigenvalue weighted by atomic mass is 10.2. The van der Waals surface area contributed by atoms with Crippen molar-refractivity contribution in [3.8, 4) is 0 Å². The quantitative estimate of drug-likeness (QED) is 0.594. The highest BCUT2D eigenvalue weighted by molar-refractivity contribution is 7.98. The molecule has 0 spiro atoms. The highest BCUT2D eigenvalue weighted by Crippen LogP contribution is 2.28. The minimum atomic E-state index is -0.367. The molecule has 1 aromatic carbocycles. The van der Waals surface area contributed by atoms with E-state index in [0.29, 0.717) is 0 Å². The molecular weight excluding hydrogens is 278 g/mol. The van der Waals surface area contributed by atoms with Gasteiger partial charge in [0.25, 0.3) is 0 Å². The van der Waals surface area contributed by atoms with Crippen molar-refractivity contribution < 1.29 is 9.47 Å². The van der Waals surface area contributed by atoms with Gasteiger partial charge in [0.05, 0.1) is 5.75 Å². The summed E-state index contributed by atoms with van der Waals surface area (Å²) < 4.78 is 10.4. The predicted molar refractivity (Wildman–Crippen MR) is 79.6 cm³/mol. The zero-order chi connectivity index (χ0) is 13.7. The maximum atomic E-state index is 5.20. The van der Waals surface area contributed by atoms with Gasteiger partial charge in [-0.3, -0.25) is 0 Å². The van der Waals surface area contributed by atoms with Crippen LogP contribution in [0.25, 0.3) is 0 Å². The Morgan fingerprint density at radius 3 is 2.68 bits per heavy atom. The Morgan fingerprint density at radius 2 is 2.00 bits per heavy atom. The molecule has 19 heavy (non-hydrogen) atoms. The maximum Gasteiger partial charge on any atom is 0.201 e. The van der Waals surface area contributed by atoms with E-state index in [9.17, 15) is 0 Å². The van der Waals surface area contributed by atoms with E-state index in [1.165, 1.54) is 10.5 Å². The maximum absolute atomic E-state index is 5.20. The third-order valence-corrected chi connectivity index (χ3v) is 4.92. The summed E-state index contributed by atoms with van der Waals surface area (Å²) in [5.41, 5.74) is 2.14. The Balaban J connectivity index is 1.99. The first-order chi connectivity index (χ1) is 9.24. The van der Waals surface area contributed by atoms with Crippen molar-refractivity contribution in [2.24, 2.45) is 0 Å². The first-order valence-corrected chi connectivity index (χ1v) is 7.79. The Morgan fingerprint density at radius 1 is 1.26 bits per heavy atom. The number of methoxy groups -OCH3 is 2. The Hall–Kier alpha value is -0.880. The molecule has 0 aliphatic carbocycles. The second-order valence-electron chi connectivity index (χ2n) is 4.02. The van der Waals surface area contributed by atoms with E-state index in [2.05, 4.69) is 36.2 Å². The molecule has 2 rings (SSSR count). The first-order valence-electron chi connectivity index (χ1n) is 5.93. The summed E-state index contributed by atoms with van der Waals surface area (Å²) in [5, 5.41) is 3.08. The van der Waals surface area contributed by atoms with Gasteiger partial charge in [-0.2, -0.15) is 0 Å². The van der Waals surface area contributed by atoms with Crippen molar-refractivity contribution in [3.63, 3.8) is 0 Å². The Labute approximate surface area is 122 Å². The standard InChI is InChI=1S/C14H17NO2S2/c1-10-6-4-5-7-12(10)18-9-13-15-11(8-19-13)14(16-2)17-3/h4-8,14H,9H2,1-3H3. The summed E-state index contributed by atoms with van der Waals surface area (Å²) in [4.78, 5) is 5.84. The van der Waals surface area contributed by atoms with E-state index in [0.717, 1.165) is 16.5 Å². The fourth-order valence-electron chi connectivity index (χ4n) is 1.70. The fourth-order valence-corrected chi connectivity index (χ4v) is 3.54. The number of nitrogens with zero attached hydrogens (tertiary/aromatic N) is 1. The van der Waals surface area contributed by atoms with Crippen LogP contribution < -0.4 is 0 Å². The fraction of sp³-hybridized carbons (Fsp3) is 0.357. The number of thiazole rings is 1. The summed E-state index contributed by atoms with van der Waals surface area (Å²) in [7, 11) is 3.24. The van der Waals surface area contributed by atoms with E-state index in [1.807, 2.05) is 5.38 Å². The zero-order valence-corrected chi connectivity index (χ0v) is 12.9. The van der Waals surface area contributed by atoms with Crippen molar-refractivity contribution in [3.05, 3.63) is 45.9 Å². The van der Waals surface area contributed by atoms with Gasteiger partial charge in [0.15, 0.2) is 0 Å². The van der Waals surface area contributed by atoms with Crippen LogP contribution in [0.2, 0.25) is 0 Å². The van der Waals surface area contributed by atoms with Crippen molar-refractivity contribution >= 4 is 23.1 Å². The molecule has 0 aliphatic heterocycles. The van der Waals surface area contributed by atoms with E-state index in [1.54, 1.807) is 37.3 Å². The van der Waals surface area contributed by atoms with Crippen LogP contribution in [-0.4, -0.2) is 19.2 Å². The molecule has 0 saturated carbocycles. The van der Waals surface area contributed by atoms with E-state index in [-0.39, 0.29) is 6.29 Å². The normalized spacial score (nSPS) is 11.2. The molecule has 0 atom stereocenters. The molecule has 0 fully saturated rings. The van der Waals surface area contributed by atoms with Gasteiger partial charge < -0.3 is 9.47 Å². The number of benzene rings is 1. The smallest absolute Gasteiger partial charge is 0.201 e. The van der Waals surface area contributed by atoms with Crippen LogP contribution in [0.5, 0.6) is 0 Å². The second kappa shape index (κ2) is 7.05. The molecule has 0 N–H and O–H groups in total.